The highest BCUT2D eigenvalue weighted by Gasteiger charge is 2.23. The number of piperidine rings is 1. The van der Waals surface area contributed by atoms with Crippen LogP contribution in [-0.2, 0) is 4.79 Å². The van der Waals surface area contributed by atoms with E-state index in [0.717, 1.165) is 25.8 Å². The first-order valence-electron chi connectivity index (χ1n) is 7.69. The molecule has 1 fully saturated rings. The van der Waals surface area contributed by atoms with E-state index in [0.29, 0.717) is 26.9 Å². The molecular formula is C16H20Cl2N2O2S. The Kier molecular flexibility index (Phi) is 6.93. The lowest BCUT2D eigenvalue weighted by Crippen LogP contribution is -2.50. The molecule has 1 atom stereocenters. The van der Waals surface area contributed by atoms with Gasteiger partial charge < -0.3 is 15.0 Å². The molecule has 1 amide bonds. The number of hydrogen-bond donors (Lipinski definition) is 1. The van der Waals surface area contributed by atoms with Crippen molar-refractivity contribution in [3.8, 4) is 5.75 Å². The average molecular weight is 375 g/mol. The van der Waals surface area contributed by atoms with E-state index in [1.54, 1.807) is 18.2 Å². The molecule has 4 nitrogen and oxygen atoms in total. The third-order valence-corrected chi connectivity index (χ3v) is 4.73. The summed E-state index contributed by atoms with van der Waals surface area (Å²) in [5, 5.41) is 4.11. The highest BCUT2D eigenvalue weighted by Crippen LogP contribution is 2.27. The van der Waals surface area contributed by atoms with Crippen molar-refractivity contribution in [3.63, 3.8) is 0 Å². The number of halogens is 2. The molecular weight excluding hydrogens is 355 g/mol. The van der Waals surface area contributed by atoms with E-state index in [1.165, 1.54) is 6.42 Å². The quantitative estimate of drug-likeness (QED) is 0.807. The van der Waals surface area contributed by atoms with Crippen molar-refractivity contribution in [3.05, 3.63) is 28.2 Å². The van der Waals surface area contributed by atoms with Gasteiger partial charge in [0.05, 0.1) is 5.02 Å². The van der Waals surface area contributed by atoms with Gasteiger partial charge in [-0.25, -0.2) is 0 Å². The zero-order chi connectivity index (χ0) is 16.8. The second-order valence-corrected chi connectivity index (χ2v) is 6.70. The van der Waals surface area contributed by atoms with Gasteiger partial charge in [0.15, 0.2) is 11.7 Å². The first-order valence-corrected chi connectivity index (χ1v) is 8.86. The number of ether oxygens (including phenoxy) is 1. The summed E-state index contributed by atoms with van der Waals surface area (Å²) in [7, 11) is 0. The van der Waals surface area contributed by atoms with Crippen LogP contribution in [0.25, 0.3) is 0 Å². The number of nitrogens with one attached hydrogen (secondary N) is 1. The van der Waals surface area contributed by atoms with E-state index < -0.39 is 0 Å². The number of nitrogens with zero attached hydrogens (tertiary/aromatic N) is 1. The minimum atomic E-state index is -0.290. The highest BCUT2D eigenvalue weighted by atomic mass is 35.5. The number of carbonyl (C=O) groups excluding carboxylic acids is 1. The van der Waals surface area contributed by atoms with Gasteiger partial charge in [0.2, 0.25) is 0 Å². The smallest absolute Gasteiger partial charge is 0.264 e. The maximum absolute atomic E-state index is 12.0. The van der Waals surface area contributed by atoms with Gasteiger partial charge in [-0.1, -0.05) is 30.1 Å². The van der Waals surface area contributed by atoms with E-state index in [2.05, 4.69) is 17.1 Å². The lowest BCUT2D eigenvalue weighted by atomic mass is 10.0. The maximum atomic E-state index is 12.0. The summed E-state index contributed by atoms with van der Waals surface area (Å²) in [6.45, 7) is 2.88. The number of thiocarbonyl (C=S) groups is 1. The molecule has 0 saturated carbocycles. The SMILES string of the molecule is CCC1CCCCN1C(=S)NC(=O)COc1ccc(Cl)cc1Cl. The highest BCUT2D eigenvalue weighted by molar-refractivity contribution is 7.80. The van der Waals surface area contributed by atoms with E-state index in [4.69, 9.17) is 40.2 Å². The van der Waals surface area contributed by atoms with Gasteiger partial charge in [-0.2, -0.15) is 0 Å². The molecule has 0 radical (unpaired) electrons. The Labute approximate surface area is 152 Å². The number of hydrogen-bond acceptors (Lipinski definition) is 3. The van der Waals surface area contributed by atoms with Crippen LogP contribution >= 0.6 is 35.4 Å². The normalized spacial score (nSPS) is 17.7. The number of likely N-dealkylation sites (tertiary alicyclic amines) is 1. The summed E-state index contributed by atoms with van der Waals surface area (Å²) < 4.78 is 5.41. The summed E-state index contributed by atoms with van der Waals surface area (Å²) in [4.78, 5) is 14.1. The van der Waals surface area contributed by atoms with E-state index in [9.17, 15) is 4.79 Å². The van der Waals surface area contributed by atoms with Gasteiger partial charge in [0.25, 0.3) is 5.91 Å². The fourth-order valence-electron chi connectivity index (χ4n) is 2.66. The van der Waals surface area contributed by atoms with Crippen LogP contribution in [0.5, 0.6) is 5.75 Å². The van der Waals surface area contributed by atoms with Crippen LogP contribution in [0.4, 0.5) is 0 Å². The number of benzene rings is 1. The Balaban J connectivity index is 1.85. The van der Waals surface area contributed by atoms with Gasteiger partial charge >= 0.3 is 0 Å². The first kappa shape index (κ1) is 18.3. The average Bonchev–Trinajstić information content (AvgIpc) is 2.54. The van der Waals surface area contributed by atoms with Gasteiger partial charge in [0, 0.05) is 17.6 Å². The Morgan fingerprint density at radius 2 is 2.22 bits per heavy atom. The van der Waals surface area contributed by atoms with Gasteiger partial charge in [-0.3, -0.25) is 4.79 Å². The predicted octanol–water partition coefficient (Wildman–Crippen LogP) is 4.04. The Hall–Kier alpha value is -1.04. The Morgan fingerprint density at radius 3 is 2.91 bits per heavy atom. The summed E-state index contributed by atoms with van der Waals surface area (Å²) in [6, 6.07) is 5.27. The molecule has 1 aromatic rings. The molecule has 0 bridgehead atoms. The molecule has 0 aromatic heterocycles. The van der Waals surface area contributed by atoms with Crippen molar-refractivity contribution < 1.29 is 9.53 Å². The monoisotopic (exact) mass is 374 g/mol. The van der Waals surface area contributed by atoms with Gasteiger partial charge in [-0.15, -0.1) is 0 Å². The zero-order valence-corrected chi connectivity index (χ0v) is 15.3. The largest absolute Gasteiger partial charge is 0.482 e. The fourth-order valence-corrected chi connectivity index (χ4v) is 3.47. The van der Waals surface area contributed by atoms with E-state index in [-0.39, 0.29) is 12.5 Å². The molecule has 1 aliphatic heterocycles. The molecule has 1 N–H and O–H groups in total. The third-order valence-electron chi connectivity index (χ3n) is 3.86. The van der Waals surface area contributed by atoms with E-state index in [1.807, 2.05) is 0 Å². The van der Waals surface area contributed by atoms with Crippen molar-refractivity contribution in [2.45, 2.75) is 38.6 Å². The summed E-state index contributed by atoms with van der Waals surface area (Å²) >= 11 is 17.2. The Morgan fingerprint density at radius 1 is 1.43 bits per heavy atom. The molecule has 0 spiro atoms. The lowest BCUT2D eigenvalue weighted by Gasteiger charge is -2.36. The third kappa shape index (κ3) is 5.23. The summed E-state index contributed by atoms with van der Waals surface area (Å²) in [5.74, 6) is 0.128. The number of rotatable bonds is 4. The van der Waals surface area contributed by atoms with E-state index >= 15 is 0 Å². The zero-order valence-electron chi connectivity index (χ0n) is 13.0. The molecule has 1 aromatic carbocycles. The van der Waals surface area contributed by atoms with Crippen molar-refractivity contribution in [1.29, 1.82) is 0 Å². The molecule has 1 saturated heterocycles. The second kappa shape index (κ2) is 8.71. The lowest BCUT2D eigenvalue weighted by molar-refractivity contribution is -0.121. The molecule has 2 rings (SSSR count). The minimum Gasteiger partial charge on any atom is -0.482 e. The van der Waals surface area contributed by atoms with Gasteiger partial charge in [-0.05, 0) is 56.1 Å². The van der Waals surface area contributed by atoms with Crippen LogP contribution in [0, 0.1) is 0 Å². The topological polar surface area (TPSA) is 41.6 Å². The molecule has 0 aliphatic carbocycles. The first-order chi connectivity index (χ1) is 11.0. The van der Waals surface area contributed by atoms with Crippen molar-refractivity contribution >= 4 is 46.4 Å². The fraction of sp³-hybridized carbons (Fsp3) is 0.500. The number of carbonyl (C=O) groups is 1. The standard InChI is InChI=1S/C16H20Cl2N2O2S/c1-2-12-5-3-4-8-20(12)16(23)19-15(21)10-22-14-7-6-11(17)9-13(14)18/h6-7,9,12H,2-5,8,10H2,1H3,(H,19,21,23). The van der Waals surface area contributed by atoms with Crippen molar-refractivity contribution in [2.24, 2.45) is 0 Å². The maximum Gasteiger partial charge on any atom is 0.264 e. The van der Waals surface area contributed by atoms with Crippen LogP contribution in [0.3, 0.4) is 0 Å². The molecule has 1 aliphatic rings. The summed E-state index contributed by atoms with van der Waals surface area (Å²) in [6.07, 6.45) is 4.45. The van der Waals surface area contributed by atoms with Crippen LogP contribution in [-0.4, -0.2) is 35.1 Å². The molecule has 1 unspecified atom stereocenters. The molecule has 23 heavy (non-hydrogen) atoms. The van der Waals surface area contributed by atoms with Crippen molar-refractivity contribution in [2.75, 3.05) is 13.2 Å². The molecule has 7 heteroatoms. The van der Waals surface area contributed by atoms with Crippen molar-refractivity contribution in [1.82, 2.24) is 10.2 Å². The minimum absolute atomic E-state index is 0.147. The van der Waals surface area contributed by atoms with Crippen LogP contribution < -0.4 is 10.1 Å². The summed E-state index contributed by atoms with van der Waals surface area (Å²) in [5.41, 5.74) is 0. The van der Waals surface area contributed by atoms with Crippen LogP contribution in [0.15, 0.2) is 18.2 Å². The van der Waals surface area contributed by atoms with Gasteiger partial charge in [0.1, 0.15) is 5.75 Å². The molecule has 126 valence electrons. The second-order valence-electron chi connectivity index (χ2n) is 5.47. The Bertz CT molecular complexity index is 583. The molecule has 1 heterocycles. The van der Waals surface area contributed by atoms with Crippen LogP contribution in [0.1, 0.15) is 32.6 Å². The van der Waals surface area contributed by atoms with Crippen LogP contribution in [0.2, 0.25) is 10.0 Å². The predicted molar refractivity (Wildman–Crippen MR) is 97.3 cm³/mol. The number of amides is 1.